The predicted octanol–water partition coefficient (Wildman–Crippen LogP) is 2.16. The van der Waals surface area contributed by atoms with Crippen LogP contribution < -0.4 is 10.0 Å². The number of hydrogen-bond acceptors (Lipinski definition) is 4. The van der Waals surface area contributed by atoms with Crippen molar-refractivity contribution in [2.75, 3.05) is 18.0 Å². The van der Waals surface area contributed by atoms with Gasteiger partial charge in [-0.05, 0) is 49.8 Å². The Labute approximate surface area is 131 Å². The molecule has 1 aromatic carbocycles. The average molecular weight is 322 g/mol. The minimum Gasteiger partial charge on any atom is -0.370 e. The summed E-state index contributed by atoms with van der Waals surface area (Å²) in [5.41, 5.74) is 1.02. The van der Waals surface area contributed by atoms with Crippen molar-refractivity contribution in [1.29, 1.82) is 0 Å². The highest BCUT2D eigenvalue weighted by molar-refractivity contribution is 7.89. The molecule has 0 spiro atoms. The minimum absolute atomic E-state index is 0.0684. The fraction of sp³-hybridized carbons (Fsp3) is 0.562. The van der Waals surface area contributed by atoms with Crippen molar-refractivity contribution < 1.29 is 13.2 Å². The number of Topliss-reactive ketones (excluding diaryl/α,β-unsaturated/α-hetero) is 1. The van der Waals surface area contributed by atoms with Gasteiger partial charge in [-0.25, -0.2) is 13.6 Å². The van der Waals surface area contributed by atoms with Crippen LogP contribution in [0.2, 0.25) is 0 Å². The van der Waals surface area contributed by atoms with Crippen molar-refractivity contribution in [3.05, 3.63) is 23.8 Å². The molecule has 22 heavy (non-hydrogen) atoms. The molecule has 1 aliphatic carbocycles. The van der Waals surface area contributed by atoms with Gasteiger partial charge in [0.15, 0.2) is 5.78 Å². The molecule has 2 fully saturated rings. The first-order valence-corrected chi connectivity index (χ1v) is 9.33. The van der Waals surface area contributed by atoms with Crippen molar-refractivity contribution in [3.63, 3.8) is 0 Å². The summed E-state index contributed by atoms with van der Waals surface area (Å²) >= 11 is 0. The fourth-order valence-electron chi connectivity index (χ4n) is 3.82. The van der Waals surface area contributed by atoms with Crippen LogP contribution in [0.1, 0.15) is 43.0 Å². The maximum atomic E-state index is 11.9. The van der Waals surface area contributed by atoms with Crippen LogP contribution in [-0.4, -0.2) is 27.3 Å². The van der Waals surface area contributed by atoms with Crippen LogP contribution in [0.4, 0.5) is 5.69 Å². The first-order valence-electron chi connectivity index (χ1n) is 7.79. The molecule has 2 N–H and O–H groups in total. The first kappa shape index (κ1) is 15.5. The monoisotopic (exact) mass is 322 g/mol. The van der Waals surface area contributed by atoms with E-state index in [-0.39, 0.29) is 10.7 Å². The summed E-state index contributed by atoms with van der Waals surface area (Å²) in [6.45, 7) is 3.19. The number of ketones is 1. The summed E-state index contributed by atoms with van der Waals surface area (Å²) in [6.07, 6.45) is 4.97. The summed E-state index contributed by atoms with van der Waals surface area (Å²) in [5.74, 6) is 1.13. The van der Waals surface area contributed by atoms with Crippen LogP contribution in [0.15, 0.2) is 23.1 Å². The van der Waals surface area contributed by atoms with E-state index in [1.807, 2.05) is 0 Å². The zero-order valence-corrected chi connectivity index (χ0v) is 13.6. The second-order valence-corrected chi connectivity index (χ2v) is 8.02. The molecule has 1 aromatic rings. The van der Waals surface area contributed by atoms with Crippen molar-refractivity contribution in [1.82, 2.24) is 0 Å². The quantitative estimate of drug-likeness (QED) is 0.865. The second kappa shape index (κ2) is 5.66. The molecule has 5 nitrogen and oxygen atoms in total. The molecule has 1 heterocycles. The Kier molecular flexibility index (Phi) is 3.99. The Hall–Kier alpha value is -1.40. The van der Waals surface area contributed by atoms with Gasteiger partial charge in [0.2, 0.25) is 10.0 Å². The first-order chi connectivity index (χ1) is 10.4. The summed E-state index contributed by atoms with van der Waals surface area (Å²) in [7, 11) is -3.85. The van der Waals surface area contributed by atoms with Crippen LogP contribution in [0.3, 0.4) is 0 Å². The Morgan fingerprint density at radius 2 is 1.77 bits per heavy atom. The lowest BCUT2D eigenvalue weighted by atomic mass is 9.82. The molecule has 1 aliphatic heterocycles. The zero-order chi connectivity index (χ0) is 15.9. The number of sulfonamides is 1. The van der Waals surface area contributed by atoms with Gasteiger partial charge >= 0.3 is 0 Å². The molecule has 0 bridgehead atoms. The zero-order valence-electron chi connectivity index (χ0n) is 12.8. The van der Waals surface area contributed by atoms with Gasteiger partial charge in [0.25, 0.3) is 0 Å². The highest BCUT2D eigenvalue weighted by Gasteiger charge is 2.36. The molecule has 1 saturated carbocycles. The fourth-order valence-corrected chi connectivity index (χ4v) is 4.60. The molecular weight excluding hydrogens is 300 g/mol. The third kappa shape index (κ3) is 2.90. The van der Waals surface area contributed by atoms with E-state index in [0.717, 1.165) is 13.1 Å². The molecule has 0 amide bonds. The van der Waals surface area contributed by atoms with Crippen molar-refractivity contribution in [2.45, 2.75) is 37.5 Å². The molecule has 0 aromatic heterocycles. The Bertz CT molecular complexity index is 685. The van der Waals surface area contributed by atoms with E-state index in [1.54, 1.807) is 12.1 Å². The Morgan fingerprint density at radius 1 is 1.18 bits per heavy atom. The van der Waals surface area contributed by atoms with Gasteiger partial charge in [-0.1, -0.05) is 12.8 Å². The van der Waals surface area contributed by atoms with Crippen LogP contribution in [0, 0.1) is 11.8 Å². The number of nitrogens with zero attached hydrogens (tertiary/aromatic N) is 1. The summed E-state index contributed by atoms with van der Waals surface area (Å²) in [5, 5.41) is 5.38. The highest BCUT2D eigenvalue weighted by Crippen LogP contribution is 2.39. The van der Waals surface area contributed by atoms with Crippen LogP contribution in [0.25, 0.3) is 0 Å². The second-order valence-electron chi connectivity index (χ2n) is 6.49. The van der Waals surface area contributed by atoms with Gasteiger partial charge in [0.1, 0.15) is 4.90 Å². The molecule has 2 aliphatic rings. The number of nitrogens with two attached hydrogens (primary N) is 1. The highest BCUT2D eigenvalue weighted by atomic mass is 32.2. The molecule has 6 heteroatoms. The normalized spacial score (nSPS) is 25.1. The molecule has 0 unspecified atom stereocenters. The van der Waals surface area contributed by atoms with E-state index in [9.17, 15) is 13.2 Å². The lowest BCUT2D eigenvalue weighted by molar-refractivity contribution is 0.101. The topological polar surface area (TPSA) is 80.5 Å². The van der Waals surface area contributed by atoms with Crippen LogP contribution in [-0.2, 0) is 10.0 Å². The molecule has 1 saturated heterocycles. The number of carbonyl (C=O) groups excluding carboxylic acids is 1. The summed E-state index contributed by atoms with van der Waals surface area (Å²) in [6, 6.07) is 4.83. The van der Waals surface area contributed by atoms with Crippen molar-refractivity contribution in [3.8, 4) is 0 Å². The van der Waals surface area contributed by atoms with E-state index in [1.165, 1.54) is 38.7 Å². The van der Waals surface area contributed by atoms with Crippen LogP contribution >= 0.6 is 0 Å². The van der Waals surface area contributed by atoms with E-state index in [0.29, 0.717) is 23.1 Å². The summed E-state index contributed by atoms with van der Waals surface area (Å²) in [4.78, 5) is 13.7. The molecule has 2 atom stereocenters. The van der Waals surface area contributed by atoms with Gasteiger partial charge in [-0.3, -0.25) is 4.79 Å². The summed E-state index contributed by atoms with van der Waals surface area (Å²) < 4.78 is 23.9. The van der Waals surface area contributed by atoms with Crippen molar-refractivity contribution in [2.24, 2.45) is 17.0 Å². The molecule has 0 radical (unpaired) electrons. The van der Waals surface area contributed by atoms with E-state index in [4.69, 9.17) is 5.14 Å². The number of carbonyl (C=O) groups is 1. The van der Waals surface area contributed by atoms with Gasteiger partial charge in [0, 0.05) is 18.7 Å². The van der Waals surface area contributed by atoms with Gasteiger partial charge < -0.3 is 4.90 Å². The number of rotatable bonds is 3. The smallest absolute Gasteiger partial charge is 0.240 e. The number of hydrogen-bond donors (Lipinski definition) is 1. The minimum atomic E-state index is -3.85. The van der Waals surface area contributed by atoms with Gasteiger partial charge in [-0.15, -0.1) is 0 Å². The lowest BCUT2D eigenvalue weighted by Crippen LogP contribution is -2.24. The average Bonchev–Trinajstić information content (AvgIpc) is 2.89. The van der Waals surface area contributed by atoms with Gasteiger partial charge in [-0.2, -0.15) is 0 Å². The third-order valence-electron chi connectivity index (χ3n) is 4.99. The number of primary sulfonamides is 1. The maximum absolute atomic E-state index is 11.9. The maximum Gasteiger partial charge on any atom is 0.240 e. The third-order valence-corrected chi connectivity index (χ3v) is 5.93. The predicted molar refractivity (Wildman–Crippen MR) is 85.5 cm³/mol. The number of anilines is 1. The largest absolute Gasteiger partial charge is 0.370 e. The lowest BCUT2D eigenvalue weighted by Gasteiger charge is -2.22. The SMILES string of the molecule is CC(=O)c1ccc(N2C[C@@H]3CCCC[C@H]3C2)c(S(N)(=O)=O)c1. The number of benzene rings is 1. The van der Waals surface area contributed by atoms with Crippen molar-refractivity contribution >= 4 is 21.5 Å². The molecule has 120 valence electrons. The molecule has 3 rings (SSSR count). The van der Waals surface area contributed by atoms with Crippen LogP contribution in [0.5, 0.6) is 0 Å². The van der Waals surface area contributed by atoms with Gasteiger partial charge in [0.05, 0.1) is 5.69 Å². The standard InChI is InChI=1S/C16H22N2O3S/c1-11(19)12-6-7-15(16(8-12)22(17,20)21)18-9-13-4-2-3-5-14(13)10-18/h6-8,13-14H,2-5,9-10H2,1H3,(H2,17,20,21)/t13-,14-/m0/s1. The van der Waals surface area contributed by atoms with E-state index >= 15 is 0 Å². The number of fused-ring (bicyclic) bond motifs is 1. The Morgan fingerprint density at radius 3 is 2.27 bits per heavy atom. The molecular formula is C16H22N2O3S. The van der Waals surface area contributed by atoms with E-state index < -0.39 is 10.0 Å². The Balaban J connectivity index is 1.98. The van der Waals surface area contributed by atoms with E-state index in [2.05, 4.69) is 4.90 Å².